The van der Waals surface area contributed by atoms with Gasteiger partial charge in [0.2, 0.25) is 5.95 Å². The monoisotopic (exact) mass is 393 g/mol. The smallest absolute Gasteiger partial charge is 0.229 e. The fraction of sp³-hybridized carbons (Fsp3) is 0.0417. The third kappa shape index (κ3) is 5.12. The van der Waals surface area contributed by atoms with Crippen molar-refractivity contribution in [2.45, 2.75) is 6.61 Å². The van der Waals surface area contributed by atoms with E-state index in [9.17, 15) is 0 Å². The van der Waals surface area contributed by atoms with Crippen LogP contribution in [0.25, 0.3) is 0 Å². The number of nitriles is 1. The van der Waals surface area contributed by atoms with E-state index in [1.807, 2.05) is 66.7 Å². The number of nitrogens with one attached hydrogen (secondary N) is 2. The van der Waals surface area contributed by atoms with E-state index in [1.165, 1.54) is 0 Å². The van der Waals surface area contributed by atoms with E-state index in [1.54, 1.807) is 24.4 Å². The topological polar surface area (TPSA) is 82.9 Å². The van der Waals surface area contributed by atoms with Crippen LogP contribution in [-0.2, 0) is 6.61 Å². The molecule has 1 aromatic heterocycles. The van der Waals surface area contributed by atoms with Gasteiger partial charge in [0.25, 0.3) is 0 Å². The molecule has 2 N–H and O–H groups in total. The van der Waals surface area contributed by atoms with Crippen molar-refractivity contribution in [2.75, 3.05) is 10.6 Å². The molecule has 0 fully saturated rings. The van der Waals surface area contributed by atoms with Crippen LogP contribution < -0.4 is 15.4 Å². The van der Waals surface area contributed by atoms with Crippen molar-refractivity contribution in [3.8, 4) is 11.8 Å². The van der Waals surface area contributed by atoms with Crippen LogP contribution in [0.5, 0.6) is 5.75 Å². The molecule has 6 nitrogen and oxygen atoms in total. The number of benzene rings is 3. The molecule has 30 heavy (non-hydrogen) atoms. The molecule has 4 rings (SSSR count). The fourth-order valence-corrected chi connectivity index (χ4v) is 2.81. The maximum absolute atomic E-state index is 9.02. The van der Waals surface area contributed by atoms with E-state index in [4.69, 9.17) is 10.00 Å². The zero-order valence-corrected chi connectivity index (χ0v) is 16.1. The first kappa shape index (κ1) is 19.0. The lowest BCUT2D eigenvalue weighted by atomic mass is 10.2. The quantitative estimate of drug-likeness (QED) is 0.437. The Labute approximate surface area is 174 Å². The molecule has 0 bridgehead atoms. The Hall–Kier alpha value is -4.37. The Morgan fingerprint density at radius 3 is 2.47 bits per heavy atom. The second-order valence-corrected chi connectivity index (χ2v) is 6.51. The van der Waals surface area contributed by atoms with Gasteiger partial charge in [0.15, 0.2) is 0 Å². The third-order valence-electron chi connectivity index (χ3n) is 4.28. The van der Waals surface area contributed by atoms with Gasteiger partial charge >= 0.3 is 0 Å². The molecule has 0 aliphatic carbocycles. The van der Waals surface area contributed by atoms with E-state index in [0.717, 1.165) is 22.7 Å². The minimum Gasteiger partial charge on any atom is -0.489 e. The van der Waals surface area contributed by atoms with Gasteiger partial charge in [0.1, 0.15) is 18.2 Å². The first-order chi connectivity index (χ1) is 14.8. The predicted octanol–water partition coefficient (Wildman–Crippen LogP) is 5.41. The molecule has 3 aromatic carbocycles. The Kier molecular flexibility index (Phi) is 5.83. The molecule has 0 spiro atoms. The zero-order valence-electron chi connectivity index (χ0n) is 16.1. The third-order valence-corrected chi connectivity index (χ3v) is 4.28. The van der Waals surface area contributed by atoms with E-state index in [-0.39, 0.29) is 0 Å². The van der Waals surface area contributed by atoms with E-state index >= 15 is 0 Å². The highest BCUT2D eigenvalue weighted by Crippen LogP contribution is 2.21. The van der Waals surface area contributed by atoms with Gasteiger partial charge in [-0.1, -0.05) is 36.4 Å². The molecule has 4 aromatic rings. The number of aromatic nitrogens is 2. The van der Waals surface area contributed by atoms with Crippen LogP contribution in [0.1, 0.15) is 11.1 Å². The normalized spacial score (nSPS) is 10.1. The average molecular weight is 393 g/mol. The van der Waals surface area contributed by atoms with Crippen LogP contribution in [0.4, 0.5) is 23.1 Å². The van der Waals surface area contributed by atoms with Crippen LogP contribution in [-0.4, -0.2) is 9.97 Å². The summed E-state index contributed by atoms with van der Waals surface area (Å²) in [4.78, 5) is 8.70. The number of rotatable bonds is 7. The van der Waals surface area contributed by atoms with E-state index in [0.29, 0.717) is 23.9 Å². The second kappa shape index (κ2) is 9.22. The average Bonchev–Trinajstić information content (AvgIpc) is 2.80. The molecule has 0 aliphatic heterocycles. The first-order valence-electron chi connectivity index (χ1n) is 9.42. The molecule has 0 radical (unpaired) electrons. The lowest BCUT2D eigenvalue weighted by molar-refractivity contribution is 0.306. The van der Waals surface area contributed by atoms with Crippen molar-refractivity contribution in [2.24, 2.45) is 0 Å². The lowest BCUT2D eigenvalue weighted by Crippen LogP contribution is -2.00. The molecular weight excluding hydrogens is 374 g/mol. The summed E-state index contributed by atoms with van der Waals surface area (Å²) >= 11 is 0. The van der Waals surface area contributed by atoms with Gasteiger partial charge in [-0.2, -0.15) is 10.2 Å². The largest absolute Gasteiger partial charge is 0.489 e. The highest BCUT2D eigenvalue weighted by molar-refractivity contribution is 5.60. The lowest BCUT2D eigenvalue weighted by Gasteiger charge is -2.10. The summed E-state index contributed by atoms with van der Waals surface area (Å²) in [6.07, 6.45) is 1.67. The van der Waals surface area contributed by atoms with E-state index in [2.05, 4.69) is 26.7 Å². The highest BCUT2D eigenvalue weighted by Gasteiger charge is 2.03. The summed E-state index contributed by atoms with van der Waals surface area (Å²) in [6.45, 7) is 0.529. The van der Waals surface area contributed by atoms with Gasteiger partial charge < -0.3 is 15.4 Å². The molecule has 146 valence electrons. The Morgan fingerprint density at radius 1 is 0.833 bits per heavy atom. The SMILES string of the molecule is N#Cc1cccc(Nc2nccc(Nc3ccc(OCc4ccccc4)cc3)n2)c1. The van der Waals surface area contributed by atoms with Crippen LogP contribution in [0.2, 0.25) is 0 Å². The van der Waals surface area contributed by atoms with Crippen molar-refractivity contribution < 1.29 is 4.74 Å². The molecule has 0 amide bonds. The summed E-state index contributed by atoms with van der Waals surface area (Å²) < 4.78 is 5.82. The standard InChI is InChI=1S/C24H19N5O/c25-16-19-7-4-8-21(15-19)28-24-26-14-13-23(29-24)27-20-9-11-22(12-10-20)30-17-18-5-2-1-3-6-18/h1-15H,17H2,(H2,26,27,28,29). The molecule has 0 atom stereocenters. The van der Waals surface area contributed by atoms with Crippen molar-refractivity contribution in [3.63, 3.8) is 0 Å². The maximum atomic E-state index is 9.02. The summed E-state index contributed by atoms with van der Waals surface area (Å²) in [5.41, 5.74) is 3.34. The predicted molar refractivity (Wildman–Crippen MR) is 117 cm³/mol. The van der Waals surface area contributed by atoms with Crippen LogP contribution in [0.15, 0.2) is 91.1 Å². The maximum Gasteiger partial charge on any atom is 0.229 e. The summed E-state index contributed by atoms with van der Waals surface area (Å²) in [5, 5.41) is 15.4. The van der Waals surface area contributed by atoms with Gasteiger partial charge in [0, 0.05) is 17.6 Å². The number of nitrogens with zero attached hydrogens (tertiary/aromatic N) is 3. The number of hydrogen-bond acceptors (Lipinski definition) is 6. The van der Waals surface area contributed by atoms with Crippen LogP contribution >= 0.6 is 0 Å². The minimum absolute atomic E-state index is 0.443. The summed E-state index contributed by atoms with van der Waals surface area (Å²) in [5.74, 6) is 1.90. The van der Waals surface area contributed by atoms with Gasteiger partial charge in [-0.25, -0.2) is 4.98 Å². The molecule has 6 heteroatoms. The number of ether oxygens (including phenoxy) is 1. The highest BCUT2D eigenvalue weighted by atomic mass is 16.5. The van der Waals surface area contributed by atoms with Crippen molar-refractivity contribution in [1.29, 1.82) is 5.26 Å². The van der Waals surface area contributed by atoms with Gasteiger partial charge in [-0.05, 0) is 54.1 Å². The molecule has 0 aliphatic rings. The molecule has 0 unspecified atom stereocenters. The Bertz CT molecular complexity index is 1150. The number of anilines is 4. The Balaban J connectivity index is 1.38. The molecule has 0 saturated heterocycles. The number of hydrogen-bond donors (Lipinski definition) is 2. The summed E-state index contributed by atoms with van der Waals surface area (Å²) in [6, 6.07) is 28.8. The summed E-state index contributed by atoms with van der Waals surface area (Å²) in [7, 11) is 0. The molecule has 1 heterocycles. The van der Waals surface area contributed by atoms with Crippen LogP contribution in [0, 0.1) is 11.3 Å². The van der Waals surface area contributed by atoms with Crippen molar-refractivity contribution >= 4 is 23.1 Å². The minimum atomic E-state index is 0.443. The van der Waals surface area contributed by atoms with Crippen LogP contribution in [0.3, 0.4) is 0 Å². The Morgan fingerprint density at radius 2 is 1.67 bits per heavy atom. The second-order valence-electron chi connectivity index (χ2n) is 6.51. The van der Waals surface area contributed by atoms with Gasteiger partial charge in [0.05, 0.1) is 11.6 Å². The van der Waals surface area contributed by atoms with Gasteiger partial charge in [-0.15, -0.1) is 0 Å². The van der Waals surface area contributed by atoms with E-state index < -0.39 is 0 Å². The fourth-order valence-electron chi connectivity index (χ4n) is 2.81. The molecular formula is C24H19N5O. The molecule has 0 saturated carbocycles. The first-order valence-corrected chi connectivity index (χ1v) is 9.42. The van der Waals surface area contributed by atoms with Crippen molar-refractivity contribution in [1.82, 2.24) is 9.97 Å². The van der Waals surface area contributed by atoms with Crippen molar-refractivity contribution in [3.05, 3.63) is 102 Å². The zero-order chi connectivity index (χ0) is 20.6. The van der Waals surface area contributed by atoms with Gasteiger partial charge in [-0.3, -0.25) is 0 Å².